The second-order valence-electron chi connectivity index (χ2n) is 15.7. The summed E-state index contributed by atoms with van der Waals surface area (Å²) < 4.78 is 26.5. The largest absolute Gasteiger partial charge is 0.469 e. The molecule has 0 aromatic carbocycles. The molecule has 0 fully saturated rings. The smallest absolute Gasteiger partial charge is 0.462 e. The van der Waals surface area contributed by atoms with Gasteiger partial charge in [-0.25, -0.2) is 4.57 Å². The lowest BCUT2D eigenvalue weighted by Gasteiger charge is -2.18. The minimum Gasteiger partial charge on any atom is -0.462 e. The van der Waals surface area contributed by atoms with Gasteiger partial charge in [-0.05, 0) is 70.6 Å². The number of carbonyl (C=O) groups is 2. The maximum absolute atomic E-state index is 12.4. The van der Waals surface area contributed by atoms with Gasteiger partial charge in [0, 0.05) is 12.8 Å². The van der Waals surface area contributed by atoms with Crippen LogP contribution in [-0.2, 0) is 28.2 Å². The first-order valence-corrected chi connectivity index (χ1v) is 24.8. The Hall–Kier alpha value is -1.73. The molecule has 0 bridgehead atoms. The molecule has 1 atom stereocenters. The second kappa shape index (κ2) is 42.9. The number of esters is 2. The van der Waals surface area contributed by atoms with Crippen LogP contribution in [0.3, 0.4) is 0 Å². The molecule has 0 saturated carbocycles. The van der Waals surface area contributed by atoms with Gasteiger partial charge in [0.2, 0.25) is 0 Å². The molecule has 9 heteroatoms. The Labute approximate surface area is 344 Å². The van der Waals surface area contributed by atoms with E-state index in [-0.39, 0.29) is 19.4 Å². The van der Waals surface area contributed by atoms with Gasteiger partial charge in [0.25, 0.3) is 0 Å². The average Bonchev–Trinajstić information content (AvgIpc) is 3.17. The topological polar surface area (TPSA) is 119 Å². The molecule has 0 aromatic rings. The Bertz CT molecular complexity index is 1000. The molecule has 1 unspecified atom stereocenters. The maximum atomic E-state index is 12.4. The van der Waals surface area contributed by atoms with E-state index in [0.717, 1.165) is 51.4 Å². The fraction of sp³-hybridized carbons (Fsp3) is 0.830. The molecule has 8 nitrogen and oxygen atoms in total. The second-order valence-corrected chi connectivity index (χ2v) is 17.0. The molecule has 2 N–H and O–H groups in total. The van der Waals surface area contributed by atoms with Crippen molar-refractivity contribution >= 4 is 19.8 Å². The summed E-state index contributed by atoms with van der Waals surface area (Å²) in [7, 11) is -4.76. The zero-order chi connectivity index (χ0) is 41.1. The van der Waals surface area contributed by atoms with Crippen molar-refractivity contribution in [3.05, 3.63) is 36.5 Å². The summed E-state index contributed by atoms with van der Waals surface area (Å²) in [5, 5.41) is 0. The Balaban J connectivity index is 3.86. The Kier molecular flexibility index (Phi) is 41.5. The highest BCUT2D eigenvalue weighted by Crippen LogP contribution is 2.36. The number of carbonyl (C=O) groups excluding carboxylic acids is 2. The first-order chi connectivity index (χ1) is 27.3. The van der Waals surface area contributed by atoms with Gasteiger partial charge in [0.1, 0.15) is 6.61 Å². The van der Waals surface area contributed by atoms with Crippen LogP contribution in [0.1, 0.15) is 232 Å². The molecule has 0 spiro atoms. The summed E-state index contributed by atoms with van der Waals surface area (Å²) in [6.45, 7) is 3.68. The van der Waals surface area contributed by atoms with Gasteiger partial charge in [-0.15, -0.1) is 0 Å². The van der Waals surface area contributed by atoms with Crippen molar-refractivity contribution in [3.63, 3.8) is 0 Å². The molecule has 0 amide bonds. The quantitative estimate of drug-likeness (QED) is 0.0270. The van der Waals surface area contributed by atoms with Crippen LogP contribution in [0.2, 0.25) is 0 Å². The molecule has 0 radical (unpaired) electrons. The van der Waals surface area contributed by atoms with Crippen LogP contribution in [0.15, 0.2) is 36.5 Å². The van der Waals surface area contributed by atoms with Crippen molar-refractivity contribution < 1.29 is 37.9 Å². The van der Waals surface area contributed by atoms with Crippen LogP contribution in [0.5, 0.6) is 0 Å². The van der Waals surface area contributed by atoms with Crippen LogP contribution in [-0.4, -0.2) is 41.0 Å². The number of hydrogen-bond acceptors (Lipinski definition) is 6. The van der Waals surface area contributed by atoms with Gasteiger partial charge in [0.05, 0.1) is 6.61 Å². The molecule has 56 heavy (non-hydrogen) atoms. The fourth-order valence-corrected chi connectivity index (χ4v) is 6.99. The fourth-order valence-electron chi connectivity index (χ4n) is 6.63. The number of unbranched alkanes of at least 4 members (excludes halogenated alkanes) is 27. The third kappa shape index (κ3) is 45.0. The van der Waals surface area contributed by atoms with E-state index in [0.29, 0.717) is 6.42 Å². The first kappa shape index (κ1) is 54.3. The summed E-state index contributed by atoms with van der Waals surface area (Å²) in [5.74, 6) is -0.885. The average molecular weight is 811 g/mol. The van der Waals surface area contributed by atoms with E-state index in [9.17, 15) is 14.2 Å². The number of ether oxygens (including phenoxy) is 2. The molecule has 0 aromatic heterocycles. The molecule has 0 heterocycles. The summed E-state index contributed by atoms with van der Waals surface area (Å²) in [4.78, 5) is 43.0. The van der Waals surface area contributed by atoms with Crippen molar-refractivity contribution in [2.24, 2.45) is 0 Å². The van der Waals surface area contributed by atoms with E-state index >= 15 is 0 Å². The zero-order valence-corrected chi connectivity index (χ0v) is 37.2. The minimum atomic E-state index is -4.76. The van der Waals surface area contributed by atoms with E-state index in [1.165, 1.54) is 148 Å². The maximum Gasteiger partial charge on any atom is 0.469 e. The number of allylic oxidation sites excluding steroid dienone is 6. The van der Waals surface area contributed by atoms with Gasteiger partial charge in [-0.1, -0.05) is 185 Å². The molecule has 0 aliphatic rings. The summed E-state index contributed by atoms with van der Waals surface area (Å²) in [6, 6.07) is 0. The predicted octanol–water partition coefficient (Wildman–Crippen LogP) is 14.5. The number of phosphoric ester groups is 1. The molecule has 0 saturated heterocycles. The Morgan fingerprint density at radius 2 is 0.804 bits per heavy atom. The van der Waals surface area contributed by atoms with E-state index in [4.69, 9.17) is 19.3 Å². The van der Waals surface area contributed by atoms with Crippen molar-refractivity contribution in [2.45, 2.75) is 238 Å². The lowest BCUT2D eigenvalue weighted by Crippen LogP contribution is -2.29. The third-order valence-corrected chi connectivity index (χ3v) is 10.6. The highest BCUT2D eigenvalue weighted by Gasteiger charge is 2.23. The molecule has 0 aliphatic carbocycles. The normalized spacial score (nSPS) is 12.7. The van der Waals surface area contributed by atoms with E-state index in [2.05, 4.69) is 54.8 Å². The van der Waals surface area contributed by atoms with Crippen molar-refractivity contribution in [3.8, 4) is 0 Å². The molecular formula is C47H87O8P. The monoisotopic (exact) mass is 811 g/mol. The van der Waals surface area contributed by atoms with Gasteiger partial charge in [0.15, 0.2) is 6.10 Å². The van der Waals surface area contributed by atoms with Crippen molar-refractivity contribution in [2.75, 3.05) is 13.2 Å². The number of hydrogen-bond donors (Lipinski definition) is 2. The lowest BCUT2D eigenvalue weighted by molar-refractivity contribution is -0.161. The van der Waals surface area contributed by atoms with Crippen molar-refractivity contribution in [1.29, 1.82) is 0 Å². The standard InChI is InChI=1S/C47H87O8P/c1-3-5-7-9-11-13-15-17-19-21-23-25-27-29-31-33-35-37-39-41-46(48)53-43-45(44-54-56(50,51)52)55-47(49)42-40-38-36-34-32-30-28-26-24-22-20-18-16-14-12-10-8-6-4-2/h12,14,17-20,45H,3-11,13,15-16,21-44H2,1-2H3,(H2,50,51,52)/b14-12-,19-17-,20-18-. The highest BCUT2D eigenvalue weighted by atomic mass is 31.2. The van der Waals surface area contributed by atoms with Gasteiger partial charge in [-0.3, -0.25) is 14.1 Å². The SMILES string of the molecule is CCCCC/C=C\C/C=C\CCCCCCCCCCCC(=O)OC(COC(=O)CCCCCCCCCCC/C=C\CCCCCCCC)COP(=O)(O)O. The highest BCUT2D eigenvalue weighted by molar-refractivity contribution is 7.46. The Morgan fingerprint density at radius 3 is 1.23 bits per heavy atom. The van der Waals surface area contributed by atoms with E-state index < -0.39 is 32.5 Å². The molecule has 0 aliphatic heterocycles. The zero-order valence-electron chi connectivity index (χ0n) is 36.3. The van der Waals surface area contributed by atoms with Crippen LogP contribution in [0.25, 0.3) is 0 Å². The first-order valence-electron chi connectivity index (χ1n) is 23.3. The van der Waals surface area contributed by atoms with Gasteiger partial charge < -0.3 is 19.3 Å². The lowest BCUT2D eigenvalue weighted by atomic mass is 10.1. The molecule has 0 rings (SSSR count). The van der Waals surface area contributed by atoms with Crippen LogP contribution >= 0.6 is 7.82 Å². The predicted molar refractivity (Wildman–Crippen MR) is 235 cm³/mol. The van der Waals surface area contributed by atoms with E-state index in [1.54, 1.807) is 0 Å². The van der Waals surface area contributed by atoms with Crippen LogP contribution < -0.4 is 0 Å². The van der Waals surface area contributed by atoms with Crippen LogP contribution in [0, 0.1) is 0 Å². The third-order valence-electron chi connectivity index (χ3n) is 10.1. The summed E-state index contributed by atoms with van der Waals surface area (Å²) in [6.07, 6.45) is 51.5. The van der Waals surface area contributed by atoms with Gasteiger partial charge in [-0.2, -0.15) is 0 Å². The van der Waals surface area contributed by atoms with Crippen LogP contribution in [0.4, 0.5) is 0 Å². The molecular weight excluding hydrogens is 723 g/mol. The number of rotatable bonds is 43. The van der Waals surface area contributed by atoms with Crippen molar-refractivity contribution in [1.82, 2.24) is 0 Å². The summed E-state index contributed by atoms with van der Waals surface area (Å²) in [5.41, 5.74) is 0. The van der Waals surface area contributed by atoms with Gasteiger partial charge >= 0.3 is 19.8 Å². The van der Waals surface area contributed by atoms with E-state index in [1.807, 2.05) is 0 Å². The Morgan fingerprint density at radius 1 is 0.464 bits per heavy atom. The number of phosphoric acid groups is 1. The molecule has 328 valence electrons. The summed E-state index contributed by atoms with van der Waals surface area (Å²) >= 11 is 0. The minimum absolute atomic E-state index is 0.208.